The molecule has 0 spiro atoms. The first-order chi connectivity index (χ1) is 9.13. The maximum absolute atomic E-state index is 12.1. The molecule has 1 atom stereocenters. The number of hydrogen-bond donors (Lipinski definition) is 1. The SMILES string of the molecule is CN(CCO)C(=O)C1CC(=O)N(c2ccccc2)C1. The Morgan fingerprint density at radius 3 is 2.74 bits per heavy atom. The fourth-order valence-electron chi connectivity index (χ4n) is 2.30. The summed E-state index contributed by atoms with van der Waals surface area (Å²) in [5.74, 6) is -0.424. The Bertz CT molecular complexity index is 461. The Morgan fingerprint density at radius 2 is 2.11 bits per heavy atom. The van der Waals surface area contributed by atoms with Crippen LogP contribution >= 0.6 is 0 Å². The van der Waals surface area contributed by atoms with Gasteiger partial charge in [-0.25, -0.2) is 0 Å². The maximum Gasteiger partial charge on any atom is 0.227 e. The molecule has 19 heavy (non-hydrogen) atoms. The van der Waals surface area contributed by atoms with Crippen molar-refractivity contribution < 1.29 is 14.7 Å². The predicted octanol–water partition coefficient (Wildman–Crippen LogP) is 0.490. The predicted molar refractivity (Wildman–Crippen MR) is 71.6 cm³/mol. The highest BCUT2D eigenvalue weighted by Gasteiger charge is 2.36. The minimum Gasteiger partial charge on any atom is -0.395 e. The van der Waals surface area contributed by atoms with Gasteiger partial charge in [-0.1, -0.05) is 18.2 Å². The smallest absolute Gasteiger partial charge is 0.227 e. The van der Waals surface area contributed by atoms with Gasteiger partial charge in [0.2, 0.25) is 11.8 Å². The zero-order chi connectivity index (χ0) is 13.8. The second-order valence-corrected chi connectivity index (χ2v) is 4.72. The molecule has 0 radical (unpaired) electrons. The first-order valence-corrected chi connectivity index (χ1v) is 6.34. The molecule has 1 N–H and O–H groups in total. The standard InChI is InChI=1S/C14H18N2O3/c1-15(7-8-17)14(19)11-9-13(18)16(10-11)12-5-3-2-4-6-12/h2-6,11,17H,7-10H2,1H3. The van der Waals surface area contributed by atoms with Crippen LogP contribution < -0.4 is 4.90 Å². The van der Waals surface area contributed by atoms with Crippen LogP contribution in [0.25, 0.3) is 0 Å². The number of para-hydroxylation sites is 1. The summed E-state index contributed by atoms with van der Waals surface area (Å²) < 4.78 is 0. The largest absolute Gasteiger partial charge is 0.395 e. The van der Waals surface area contributed by atoms with Gasteiger partial charge in [0, 0.05) is 32.2 Å². The Labute approximate surface area is 112 Å². The Balaban J connectivity index is 2.05. The third kappa shape index (κ3) is 2.93. The summed E-state index contributed by atoms with van der Waals surface area (Å²) in [7, 11) is 1.65. The van der Waals surface area contributed by atoms with E-state index in [4.69, 9.17) is 5.11 Å². The molecule has 5 heteroatoms. The van der Waals surface area contributed by atoms with Crippen molar-refractivity contribution in [1.29, 1.82) is 0 Å². The fourth-order valence-corrected chi connectivity index (χ4v) is 2.30. The summed E-state index contributed by atoms with van der Waals surface area (Å²) in [5.41, 5.74) is 0.826. The number of aliphatic hydroxyl groups excluding tert-OH is 1. The van der Waals surface area contributed by atoms with E-state index in [9.17, 15) is 9.59 Å². The van der Waals surface area contributed by atoms with Crippen molar-refractivity contribution >= 4 is 17.5 Å². The van der Waals surface area contributed by atoms with Crippen molar-refractivity contribution in [2.24, 2.45) is 5.92 Å². The lowest BCUT2D eigenvalue weighted by Gasteiger charge is -2.20. The molecule has 1 aliphatic rings. The second kappa shape index (κ2) is 5.84. The molecule has 1 heterocycles. The van der Waals surface area contributed by atoms with Crippen LogP contribution in [0.15, 0.2) is 30.3 Å². The Morgan fingerprint density at radius 1 is 1.42 bits per heavy atom. The monoisotopic (exact) mass is 262 g/mol. The van der Waals surface area contributed by atoms with Crippen LogP contribution in [0, 0.1) is 5.92 Å². The molecular formula is C14H18N2O3. The summed E-state index contributed by atoms with van der Waals surface area (Å²) in [4.78, 5) is 27.2. The molecule has 102 valence electrons. The number of benzene rings is 1. The maximum atomic E-state index is 12.1. The van der Waals surface area contributed by atoms with E-state index in [0.29, 0.717) is 13.1 Å². The van der Waals surface area contributed by atoms with Crippen molar-refractivity contribution in [2.45, 2.75) is 6.42 Å². The second-order valence-electron chi connectivity index (χ2n) is 4.72. The molecule has 0 aromatic heterocycles. The van der Waals surface area contributed by atoms with E-state index >= 15 is 0 Å². The molecule has 1 aromatic carbocycles. The molecule has 1 fully saturated rings. The van der Waals surface area contributed by atoms with Crippen LogP contribution in [0.4, 0.5) is 5.69 Å². The van der Waals surface area contributed by atoms with E-state index in [1.165, 1.54) is 4.90 Å². The van der Waals surface area contributed by atoms with Crippen LogP contribution in [0.5, 0.6) is 0 Å². The minimum atomic E-state index is -0.316. The van der Waals surface area contributed by atoms with Gasteiger partial charge in [0.25, 0.3) is 0 Å². The van der Waals surface area contributed by atoms with E-state index < -0.39 is 0 Å². The number of amides is 2. The van der Waals surface area contributed by atoms with Crippen molar-refractivity contribution in [3.05, 3.63) is 30.3 Å². The van der Waals surface area contributed by atoms with Crippen molar-refractivity contribution in [2.75, 3.05) is 31.6 Å². The Hall–Kier alpha value is -1.88. The third-order valence-corrected chi connectivity index (χ3v) is 3.35. The molecule has 5 nitrogen and oxygen atoms in total. The molecule has 1 unspecified atom stereocenters. The van der Waals surface area contributed by atoms with Crippen LogP contribution in [-0.2, 0) is 9.59 Å². The summed E-state index contributed by atoms with van der Waals surface area (Å²) in [6.45, 7) is 0.650. The number of carbonyl (C=O) groups is 2. The molecular weight excluding hydrogens is 244 g/mol. The van der Waals surface area contributed by atoms with Gasteiger partial charge in [-0.15, -0.1) is 0 Å². The highest BCUT2D eigenvalue weighted by Crippen LogP contribution is 2.25. The number of carbonyl (C=O) groups excluding carboxylic acids is 2. The van der Waals surface area contributed by atoms with Gasteiger partial charge < -0.3 is 14.9 Å². The van der Waals surface area contributed by atoms with E-state index in [0.717, 1.165) is 5.69 Å². The molecule has 2 rings (SSSR count). The number of rotatable bonds is 4. The first kappa shape index (κ1) is 13.5. The molecule has 0 aliphatic carbocycles. The van der Waals surface area contributed by atoms with Crippen LogP contribution in [0.1, 0.15) is 6.42 Å². The lowest BCUT2D eigenvalue weighted by Crippen LogP contribution is -2.36. The average molecular weight is 262 g/mol. The van der Waals surface area contributed by atoms with E-state index in [1.807, 2.05) is 30.3 Å². The molecule has 0 bridgehead atoms. The first-order valence-electron chi connectivity index (χ1n) is 6.34. The van der Waals surface area contributed by atoms with Gasteiger partial charge in [0.1, 0.15) is 0 Å². The average Bonchev–Trinajstić information content (AvgIpc) is 2.81. The van der Waals surface area contributed by atoms with E-state index in [-0.39, 0.29) is 30.8 Å². The van der Waals surface area contributed by atoms with Crippen molar-refractivity contribution in [3.63, 3.8) is 0 Å². The van der Waals surface area contributed by atoms with Gasteiger partial charge in [0.05, 0.1) is 12.5 Å². The molecule has 1 saturated heterocycles. The van der Waals surface area contributed by atoms with Crippen LogP contribution in [0.3, 0.4) is 0 Å². The van der Waals surface area contributed by atoms with Gasteiger partial charge in [-0.05, 0) is 12.1 Å². The van der Waals surface area contributed by atoms with Gasteiger partial charge in [0.15, 0.2) is 0 Å². The quantitative estimate of drug-likeness (QED) is 0.859. The zero-order valence-corrected chi connectivity index (χ0v) is 11.0. The minimum absolute atomic E-state index is 0.0260. The van der Waals surface area contributed by atoms with E-state index in [1.54, 1.807) is 11.9 Å². The number of anilines is 1. The van der Waals surface area contributed by atoms with Gasteiger partial charge in [-0.2, -0.15) is 0 Å². The third-order valence-electron chi connectivity index (χ3n) is 3.35. The highest BCUT2D eigenvalue weighted by molar-refractivity contribution is 6.00. The topological polar surface area (TPSA) is 60.9 Å². The molecule has 2 amide bonds. The molecule has 0 saturated carbocycles. The number of aliphatic hydroxyl groups is 1. The summed E-state index contributed by atoms with van der Waals surface area (Å²) in [6.07, 6.45) is 0.240. The fraction of sp³-hybridized carbons (Fsp3) is 0.429. The lowest BCUT2D eigenvalue weighted by molar-refractivity contribution is -0.134. The highest BCUT2D eigenvalue weighted by atomic mass is 16.3. The van der Waals surface area contributed by atoms with Gasteiger partial charge in [-0.3, -0.25) is 9.59 Å². The summed E-state index contributed by atoms with van der Waals surface area (Å²) in [5, 5.41) is 8.84. The summed E-state index contributed by atoms with van der Waals surface area (Å²) in [6, 6.07) is 9.36. The molecule has 1 aliphatic heterocycles. The van der Waals surface area contributed by atoms with E-state index in [2.05, 4.69) is 0 Å². The lowest BCUT2D eigenvalue weighted by atomic mass is 10.1. The van der Waals surface area contributed by atoms with Crippen molar-refractivity contribution in [3.8, 4) is 0 Å². The number of likely N-dealkylation sites (N-methyl/N-ethyl adjacent to an activating group) is 1. The number of nitrogens with zero attached hydrogens (tertiary/aromatic N) is 2. The summed E-state index contributed by atoms with van der Waals surface area (Å²) >= 11 is 0. The van der Waals surface area contributed by atoms with Crippen LogP contribution in [0.2, 0.25) is 0 Å². The van der Waals surface area contributed by atoms with Crippen molar-refractivity contribution in [1.82, 2.24) is 4.90 Å². The van der Waals surface area contributed by atoms with Crippen LogP contribution in [-0.4, -0.2) is 48.6 Å². The number of hydrogen-bond acceptors (Lipinski definition) is 3. The zero-order valence-electron chi connectivity index (χ0n) is 11.0. The molecule has 1 aromatic rings. The van der Waals surface area contributed by atoms with Gasteiger partial charge >= 0.3 is 0 Å². The normalized spacial score (nSPS) is 18.7. The Kier molecular flexibility index (Phi) is 4.16.